The molecule has 7 nitrogen and oxygen atoms in total. The number of likely N-dealkylation sites (tertiary alicyclic amines) is 1. The normalized spacial score (nSPS) is 21.2. The first-order valence-corrected chi connectivity index (χ1v) is 10.9. The van der Waals surface area contributed by atoms with Crippen molar-refractivity contribution in [3.05, 3.63) is 24.2 Å². The van der Waals surface area contributed by atoms with Crippen molar-refractivity contribution in [2.45, 2.75) is 31.7 Å². The molecule has 166 valence electrons. The van der Waals surface area contributed by atoms with E-state index < -0.39 is 0 Å². The molecule has 0 bridgehead atoms. The smallest absolute Gasteiger partial charge is 0.191 e. The summed E-state index contributed by atoms with van der Waals surface area (Å²) in [5.41, 5.74) is 0. The molecular formula is C21H39IN6O. The molecule has 1 aromatic heterocycles. The van der Waals surface area contributed by atoms with Gasteiger partial charge in [0.2, 0.25) is 0 Å². The van der Waals surface area contributed by atoms with Gasteiger partial charge in [0.05, 0.1) is 12.3 Å². The zero-order chi connectivity index (χ0) is 19.6. The molecule has 0 radical (unpaired) electrons. The van der Waals surface area contributed by atoms with Crippen LogP contribution in [0.5, 0.6) is 0 Å². The number of hydrogen-bond acceptors (Lipinski definition) is 5. The van der Waals surface area contributed by atoms with Crippen LogP contribution in [0, 0.1) is 0 Å². The molecule has 0 saturated carbocycles. The fraction of sp³-hybridized carbons (Fsp3) is 0.762. The summed E-state index contributed by atoms with van der Waals surface area (Å²) in [5.74, 6) is 1.92. The van der Waals surface area contributed by atoms with Crippen molar-refractivity contribution in [2.75, 3.05) is 73.0 Å². The van der Waals surface area contributed by atoms with Gasteiger partial charge >= 0.3 is 0 Å². The van der Waals surface area contributed by atoms with Gasteiger partial charge in [-0.15, -0.1) is 24.0 Å². The Bertz CT molecular complexity index is 576. The van der Waals surface area contributed by atoms with Gasteiger partial charge in [0, 0.05) is 39.8 Å². The molecule has 0 spiro atoms. The van der Waals surface area contributed by atoms with Gasteiger partial charge in [0.25, 0.3) is 0 Å². The van der Waals surface area contributed by atoms with Gasteiger partial charge in [-0.3, -0.25) is 9.89 Å². The predicted octanol–water partition coefficient (Wildman–Crippen LogP) is 2.23. The lowest BCUT2D eigenvalue weighted by molar-refractivity contribution is 0.146. The molecule has 1 aromatic rings. The first kappa shape index (κ1) is 24.4. The van der Waals surface area contributed by atoms with Crippen LogP contribution in [0.15, 0.2) is 27.8 Å². The summed E-state index contributed by atoms with van der Waals surface area (Å²) in [7, 11) is 4.06. The third kappa shape index (κ3) is 8.07. The number of halogens is 1. The topological polar surface area (TPSA) is 59.3 Å². The van der Waals surface area contributed by atoms with Crippen molar-refractivity contribution in [2.24, 2.45) is 4.99 Å². The highest BCUT2D eigenvalue weighted by atomic mass is 127. The quantitative estimate of drug-likeness (QED) is 0.328. The van der Waals surface area contributed by atoms with E-state index >= 15 is 0 Å². The van der Waals surface area contributed by atoms with E-state index in [1.54, 1.807) is 6.26 Å². The Morgan fingerprint density at radius 1 is 1.07 bits per heavy atom. The Morgan fingerprint density at radius 3 is 2.62 bits per heavy atom. The lowest BCUT2D eigenvalue weighted by Crippen LogP contribution is -2.46. The van der Waals surface area contributed by atoms with Gasteiger partial charge in [0.15, 0.2) is 5.96 Å². The molecule has 8 heteroatoms. The van der Waals surface area contributed by atoms with Crippen LogP contribution < -0.4 is 10.6 Å². The van der Waals surface area contributed by atoms with Gasteiger partial charge in [0.1, 0.15) is 5.76 Å². The Labute approximate surface area is 193 Å². The number of hydrogen-bond donors (Lipinski definition) is 2. The number of piperidine rings is 1. The Hall–Kier alpha value is -0.840. The summed E-state index contributed by atoms with van der Waals surface area (Å²) in [6.45, 7) is 9.77. The molecule has 3 heterocycles. The summed E-state index contributed by atoms with van der Waals surface area (Å²) >= 11 is 0. The number of furan rings is 1. The molecule has 29 heavy (non-hydrogen) atoms. The summed E-state index contributed by atoms with van der Waals surface area (Å²) in [6, 6.07) is 4.33. The lowest BCUT2D eigenvalue weighted by Gasteiger charge is -2.33. The summed E-state index contributed by atoms with van der Waals surface area (Å²) in [6.07, 6.45) is 6.91. The zero-order valence-electron chi connectivity index (χ0n) is 18.1. The Kier molecular flexibility index (Phi) is 11.3. The van der Waals surface area contributed by atoms with Gasteiger partial charge in [-0.05, 0) is 64.6 Å². The average molecular weight is 518 g/mol. The second-order valence-electron chi connectivity index (χ2n) is 8.01. The second kappa shape index (κ2) is 13.5. The van der Waals surface area contributed by atoms with Crippen LogP contribution in [-0.4, -0.2) is 93.7 Å². The number of nitrogens with one attached hydrogen (secondary N) is 2. The molecule has 0 aromatic carbocycles. The molecule has 3 rings (SSSR count). The monoisotopic (exact) mass is 518 g/mol. The predicted molar refractivity (Wildman–Crippen MR) is 130 cm³/mol. The van der Waals surface area contributed by atoms with Crippen molar-refractivity contribution in [1.29, 1.82) is 0 Å². The summed E-state index contributed by atoms with van der Waals surface area (Å²) < 4.78 is 5.74. The van der Waals surface area contributed by atoms with Crippen LogP contribution in [0.1, 0.15) is 37.5 Å². The maximum absolute atomic E-state index is 5.74. The molecule has 2 fully saturated rings. The van der Waals surface area contributed by atoms with E-state index in [1.807, 2.05) is 13.1 Å². The maximum Gasteiger partial charge on any atom is 0.191 e. The number of aliphatic imine (C=N–C) groups is 1. The third-order valence-corrected chi connectivity index (χ3v) is 5.92. The van der Waals surface area contributed by atoms with Crippen LogP contribution in [-0.2, 0) is 0 Å². The molecule has 1 unspecified atom stereocenters. The fourth-order valence-electron chi connectivity index (χ4n) is 4.19. The van der Waals surface area contributed by atoms with Gasteiger partial charge < -0.3 is 24.9 Å². The SMILES string of the molecule is CN=C(NCCN1CCCN(C)CC1)NCC(c1ccco1)N1CCCCC1.I. The van der Waals surface area contributed by atoms with Crippen LogP contribution in [0.25, 0.3) is 0 Å². The highest BCUT2D eigenvalue weighted by Gasteiger charge is 2.24. The standard InChI is InChI=1S/C21H38N6O.HI/c1-22-21(23-9-14-26-11-7-10-25(2)15-16-26)24-18-19(20-8-6-17-28-20)27-12-4-3-5-13-27;/h6,8,17,19H,3-5,7,9-16,18H2,1-2H3,(H2,22,23,24);1H. The molecule has 2 aliphatic heterocycles. The van der Waals surface area contributed by atoms with E-state index in [4.69, 9.17) is 4.42 Å². The molecule has 1 atom stereocenters. The van der Waals surface area contributed by atoms with E-state index in [9.17, 15) is 0 Å². The zero-order valence-corrected chi connectivity index (χ0v) is 20.4. The van der Waals surface area contributed by atoms with Crippen LogP contribution in [0.3, 0.4) is 0 Å². The Balaban J connectivity index is 0.00000300. The minimum atomic E-state index is 0. The highest BCUT2D eigenvalue weighted by molar-refractivity contribution is 14.0. The van der Waals surface area contributed by atoms with E-state index in [2.05, 4.69) is 43.4 Å². The number of likely N-dealkylation sites (N-methyl/N-ethyl adjacent to an activating group) is 1. The average Bonchev–Trinajstić information content (AvgIpc) is 3.17. The van der Waals surface area contributed by atoms with Gasteiger partial charge in [-0.2, -0.15) is 0 Å². The molecule has 2 aliphatic rings. The van der Waals surface area contributed by atoms with Crippen molar-refractivity contribution < 1.29 is 4.42 Å². The first-order chi connectivity index (χ1) is 13.8. The summed E-state index contributed by atoms with van der Waals surface area (Å²) in [4.78, 5) is 11.9. The van der Waals surface area contributed by atoms with Crippen molar-refractivity contribution in [1.82, 2.24) is 25.3 Å². The third-order valence-electron chi connectivity index (χ3n) is 5.92. The number of rotatable bonds is 7. The van der Waals surface area contributed by atoms with E-state index in [1.165, 1.54) is 38.8 Å². The number of nitrogens with zero attached hydrogens (tertiary/aromatic N) is 4. The van der Waals surface area contributed by atoms with Gasteiger partial charge in [-0.1, -0.05) is 6.42 Å². The molecule has 2 N–H and O–H groups in total. The van der Waals surface area contributed by atoms with Gasteiger partial charge in [-0.25, -0.2) is 0 Å². The van der Waals surface area contributed by atoms with E-state index in [0.717, 1.165) is 57.5 Å². The highest BCUT2D eigenvalue weighted by Crippen LogP contribution is 2.24. The van der Waals surface area contributed by atoms with Crippen molar-refractivity contribution in [3.63, 3.8) is 0 Å². The van der Waals surface area contributed by atoms with E-state index in [0.29, 0.717) is 0 Å². The van der Waals surface area contributed by atoms with Crippen LogP contribution >= 0.6 is 24.0 Å². The van der Waals surface area contributed by atoms with Crippen LogP contribution in [0.2, 0.25) is 0 Å². The second-order valence-corrected chi connectivity index (χ2v) is 8.01. The van der Waals surface area contributed by atoms with E-state index in [-0.39, 0.29) is 30.0 Å². The molecule has 0 aliphatic carbocycles. The first-order valence-electron chi connectivity index (χ1n) is 10.9. The lowest BCUT2D eigenvalue weighted by atomic mass is 10.1. The van der Waals surface area contributed by atoms with Crippen LogP contribution in [0.4, 0.5) is 0 Å². The largest absolute Gasteiger partial charge is 0.468 e. The van der Waals surface area contributed by atoms with Crippen molar-refractivity contribution in [3.8, 4) is 0 Å². The maximum atomic E-state index is 5.74. The summed E-state index contributed by atoms with van der Waals surface area (Å²) in [5, 5.41) is 7.01. The molecule has 0 amide bonds. The minimum Gasteiger partial charge on any atom is -0.468 e. The van der Waals surface area contributed by atoms with Crippen molar-refractivity contribution >= 4 is 29.9 Å². The molecular weight excluding hydrogens is 479 g/mol. The Morgan fingerprint density at radius 2 is 1.90 bits per heavy atom. The minimum absolute atomic E-state index is 0. The fourth-order valence-corrected chi connectivity index (χ4v) is 4.19. The number of guanidine groups is 1. The molecule has 2 saturated heterocycles.